The van der Waals surface area contributed by atoms with E-state index in [0.29, 0.717) is 10.0 Å². The van der Waals surface area contributed by atoms with Gasteiger partial charge in [0.15, 0.2) is 0 Å². The molecule has 0 spiro atoms. The average molecular weight is 264 g/mol. The summed E-state index contributed by atoms with van der Waals surface area (Å²) in [5.74, 6) is 0. The highest BCUT2D eigenvalue weighted by Gasteiger charge is 1.98. The van der Waals surface area contributed by atoms with E-state index in [1.165, 1.54) is 5.56 Å². The SMILES string of the molecule is Cc1cccc(N=Cc2ccc(Cl)cc2Cl)c1. The van der Waals surface area contributed by atoms with Crippen LogP contribution in [0.4, 0.5) is 5.69 Å². The fourth-order valence-electron chi connectivity index (χ4n) is 1.46. The molecule has 0 amide bonds. The van der Waals surface area contributed by atoms with E-state index >= 15 is 0 Å². The van der Waals surface area contributed by atoms with E-state index < -0.39 is 0 Å². The van der Waals surface area contributed by atoms with Crippen LogP contribution in [0, 0.1) is 6.92 Å². The van der Waals surface area contributed by atoms with Gasteiger partial charge in [0.05, 0.1) is 10.7 Å². The van der Waals surface area contributed by atoms with Crippen molar-refractivity contribution in [2.24, 2.45) is 4.99 Å². The lowest BCUT2D eigenvalue weighted by Gasteiger charge is -1.99. The monoisotopic (exact) mass is 263 g/mol. The maximum atomic E-state index is 6.05. The predicted molar refractivity (Wildman–Crippen MR) is 74.9 cm³/mol. The second-order valence-electron chi connectivity index (χ2n) is 3.76. The van der Waals surface area contributed by atoms with Gasteiger partial charge in [-0.15, -0.1) is 0 Å². The quantitative estimate of drug-likeness (QED) is 0.673. The van der Waals surface area contributed by atoms with Crippen LogP contribution in [0.3, 0.4) is 0 Å². The Balaban J connectivity index is 2.26. The van der Waals surface area contributed by atoms with Gasteiger partial charge in [-0.2, -0.15) is 0 Å². The molecule has 2 aromatic rings. The molecule has 0 aromatic heterocycles. The van der Waals surface area contributed by atoms with E-state index in [-0.39, 0.29) is 0 Å². The summed E-state index contributed by atoms with van der Waals surface area (Å²) in [6.45, 7) is 2.04. The number of aryl methyl sites for hydroxylation is 1. The Kier molecular flexibility index (Phi) is 3.82. The molecule has 0 aliphatic heterocycles. The smallest absolute Gasteiger partial charge is 0.0632 e. The first-order valence-corrected chi connectivity index (χ1v) is 5.96. The Morgan fingerprint density at radius 1 is 1.06 bits per heavy atom. The Labute approximate surface area is 111 Å². The lowest BCUT2D eigenvalue weighted by Crippen LogP contribution is -1.82. The third-order valence-corrected chi connectivity index (χ3v) is 2.88. The summed E-state index contributed by atoms with van der Waals surface area (Å²) < 4.78 is 0. The fraction of sp³-hybridized carbons (Fsp3) is 0.0714. The average Bonchev–Trinajstić information content (AvgIpc) is 2.28. The third-order valence-electron chi connectivity index (χ3n) is 2.32. The van der Waals surface area contributed by atoms with Gasteiger partial charge in [0.25, 0.3) is 0 Å². The van der Waals surface area contributed by atoms with Crippen molar-refractivity contribution in [3.63, 3.8) is 0 Å². The van der Waals surface area contributed by atoms with Crippen LogP contribution in [0.1, 0.15) is 11.1 Å². The van der Waals surface area contributed by atoms with Gasteiger partial charge >= 0.3 is 0 Å². The number of hydrogen-bond donors (Lipinski definition) is 0. The standard InChI is InChI=1S/C14H11Cl2N/c1-10-3-2-4-13(7-10)17-9-11-5-6-12(15)8-14(11)16/h2-9H,1H3. The topological polar surface area (TPSA) is 12.4 Å². The van der Waals surface area contributed by atoms with E-state index in [9.17, 15) is 0 Å². The molecule has 0 aliphatic rings. The number of halogens is 2. The summed E-state index contributed by atoms with van der Waals surface area (Å²) in [6, 6.07) is 13.3. The summed E-state index contributed by atoms with van der Waals surface area (Å²) in [6.07, 6.45) is 1.74. The summed E-state index contributed by atoms with van der Waals surface area (Å²) in [5, 5.41) is 1.23. The minimum atomic E-state index is 0.605. The molecule has 86 valence electrons. The molecular formula is C14H11Cl2N. The zero-order chi connectivity index (χ0) is 12.3. The third kappa shape index (κ3) is 3.32. The van der Waals surface area contributed by atoms with E-state index in [1.54, 1.807) is 18.3 Å². The molecule has 0 bridgehead atoms. The number of nitrogens with zero attached hydrogens (tertiary/aromatic N) is 1. The van der Waals surface area contributed by atoms with Crippen LogP contribution in [0.5, 0.6) is 0 Å². The summed E-state index contributed by atoms with van der Waals surface area (Å²) in [5.41, 5.74) is 2.95. The van der Waals surface area contributed by atoms with Crippen molar-refractivity contribution in [1.82, 2.24) is 0 Å². The molecule has 0 heterocycles. The van der Waals surface area contributed by atoms with Crippen LogP contribution >= 0.6 is 23.2 Å². The van der Waals surface area contributed by atoms with Gasteiger partial charge in [-0.25, -0.2) is 0 Å². The molecule has 0 aliphatic carbocycles. The van der Waals surface area contributed by atoms with Crippen molar-refractivity contribution in [2.75, 3.05) is 0 Å². The highest BCUT2D eigenvalue weighted by atomic mass is 35.5. The summed E-state index contributed by atoms with van der Waals surface area (Å²) >= 11 is 11.9. The first kappa shape index (κ1) is 12.2. The van der Waals surface area contributed by atoms with Crippen LogP contribution in [0.2, 0.25) is 10.0 Å². The van der Waals surface area contributed by atoms with Gasteiger partial charge in [-0.3, -0.25) is 4.99 Å². The number of aliphatic imine (C=N–C) groups is 1. The first-order chi connectivity index (χ1) is 8.15. The van der Waals surface area contributed by atoms with Crippen molar-refractivity contribution in [3.8, 4) is 0 Å². The number of benzene rings is 2. The van der Waals surface area contributed by atoms with Crippen LogP contribution < -0.4 is 0 Å². The largest absolute Gasteiger partial charge is 0.256 e. The molecule has 2 rings (SSSR count). The van der Waals surface area contributed by atoms with Crippen molar-refractivity contribution < 1.29 is 0 Å². The van der Waals surface area contributed by atoms with E-state index in [1.807, 2.05) is 37.3 Å². The number of hydrogen-bond acceptors (Lipinski definition) is 1. The van der Waals surface area contributed by atoms with Gasteiger partial charge in [-0.05, 0) is 36.8 Å². The van der Waals surface area contributed by atoms with Gasteiger partial charge < -0.3 is 0 Å². The van der Waals surface area contributed by atoms with Crippen LogP contribution in [-0.2, 0) is 0 Å². The zero-order valence-electron chi connectivity index (χ0n) is 9.32. The van der Waals surface area contributed by atoms with E-state index in [4.69, 9.17) is 23.2 Å². The Morgan fingerprint density at radius 2 is 1.88 bits per heavy atom. The molecule has 2 aromatic carbocycles. The highest BCUT2D eigenvalue weighted by Crippen LogP contribution is 2.20. The Bertz CT molecular complexity index is 562. The van der Waals surface area contributed by atoms with Gasteiger partial charge in [0, 0.05) is 16.8 Å². The van der Waals surface area contributed by atoms with Gasteiger partial charge in [-0.1, -0.05) is 41.4 Å². The molecule has 0 saturated carbocycles. The normalized spacial score (nSPS) is 11.0. The second-order valence-corrected chi connectivity index (χ2v) is 4.61. The molecule has 0 unspecified atom stereocenters. The summed E-state index contributed by atoms with van der Waals surface area (Å²) in [4.78, 5) is 4.38. The fourth-order valence-corrected chi connectivity index (χ4v) is 1.92. The van der Waals surface area contributed by atoms with Crippen LogP contribution in [0.15, 0.2) is 47.5 Å². The van der Waals surface area contributed by atoms with Crippen molar-refractivity contribution in [3.05, 3.63) is 63.6 Å². The van der Waals surface area contributed by atoms with Crippen molar-refractivity contribution in [1.29, 1.82) is 0 Å². The molecule has 1 nitrogen and oxygen atoms in total. The maximum absolute atomic E-state index is 6.05. The molecule has 0 atom stereocenters. The van der Waals surface area contributed by atoms with Crippen molar-refractivity contribution in [2.45, 2.75) is 6.92 Å². The molecule has 0 fully saturated rings. The molecular weight excluding hydrogens is 253 g/mol. The predicted octanol–water partition coefficient (Wildman–Crippen LogP) is 5.05. The van der Waals surface area contributed by atoms with E-state index in [2.05, 4.69) is 4.99 Å². The lowest BCUT2D eigenvalue weighted by molar-refractivity contribution is 1.43. The van der Waals surface area contributed by atoms with Crippen molar-refractivity contribution >= 4 is 35.1 Å². The van der Waals surface area contributed by atoms with Crippen LogP contribution in [-0.4, -0.2) is 6.21 Å². The Hall–Kier alpha value is -1.31. The zero-order valence-corrected chi connectivity index (χ0v) is 10.8. The lowest BCUT2D eigenvalue weighted by atomic mass is 10.2. The molecule has 3 heteroatoms. The number of rotatable bonds is 2. The highest BCUT2D eigenvalue weighted by molar-refractivity contribution is 6.36. The minimum absolute atomic E-state index is 0.605. The maximum Gasteiger partial charge on any atom is 0.0632 e. The minimum Gasteiger partial charge on any atom is -0.256 e. The Morgan fingerprint density at radius 3 is 2.59 bits per heavy atom. The molecule has 0 radical (unpaired) electrons. The van der Waals surface area contributed by atoms with E-state index in [0.717, 1.165) is 11.3 Å². The van der Waals surface area contributed by atoms with Gasteiger partial charge in [0.2, 0.25) is 0 Å². The first-order valence-electron chi connectivity index (χ1n) is 5.21. The van der Waals surface area contributed by atoms with Gasteiger partial charge in [0.1, 0.15) is 0 Å². The molecule has 17 heavy (non-hydrogen) atoms. The summed E-state index contributed by atoms with van der Waals surface area (Å²) in [7, 11) is 0. The second kappa shape index (κ2) is 5.35. The molecule has 0 N–H and O–H groups in total. The van der Waals surface area contributed by atoms with Crippen LogP contribution in [0.25, 0.3) is 0 Å². The molecule has 0 saturated heterocycles.